The molecule has 0 spiro atoms. The van der Waals surface area contributed by atoms with Gasteiger partial charge in [0.15, 0.2) is 0 Å². The molecule has 8 atom stereocenters. The number of nitrogens with one attached hydrogen (secondary N) is 1. The zero-order chi connectivity index (χ0) is 33.2. The summed E-state index contributed by atoms with van der Waals surface area (Å²) in [5.74, 6) is 0.675. The monoisotopic (exact) mass is 637 g/mol. The van der Waals surface area contributed by atoms with Crippen molar-refractivity contribution in [2.45, 2.75) is 106 Å². The average molecular weight is 638 g/mol. The normalized spacial score (nSPS) is 38.1. The fourth-order valence-electron chi connectivity index (χ4n) is 10.8. The van der Waals surface area contributed by atoms with Crippen LogP contribution in [0.25, 0.3) is 5.57 Å². The van der Waals surface area contributed by atoms with Crippen LogP contribution in [0.4, 0.5) is 0 Å². The fourth-order valence-corrected chi connectivity index (χ4v) is 11.2. The quantitative estimate of drug-likeness (QED) is 0.315. The van der Waals surface area contributed by atoms with Gasteiger partial charge in [0, 0.05) is 5.56 Å². The van der Waals surface area contributed by atoms with Crippen LogP contribution >= 0.6 is 0 Å². The number of amides is 1. The molecule has 0 aliphatic heterocycles. The summed E-state index contributed by atoms with van der Waals surface area (Å²) < 4.78 is 25.2. The molecule has 0 saturated heterocycles. The first-order chi connectivity index (χ1) is 20.9. The van der Waals surface area contributed by atoms with Crippen molar-refractivity contribution >= 4 is 27.5 Å². The third kappa shape index (κ3) is 5.63. The molecule has 8 unspecified atom stereocenters. The van der Waals surface area contributed by atoms with E-state index in [9.17, 15) is 23.1 Å². The molecule has 0 bridgehead atoms. The van der Waals surface area contributed by atoms with Crippen molar-refractivity contribution < 1.29 is 23.1 Å². The molecule has 1 aromatic rings. The SMILES string of the molecule is C=C(C)C1CCC2(C(=O)O)CCC3(C)C(CCC4CCC=C(c5ccc(C(=O)NS(C)(=O)=O)cc5)C(C)(C)C(C)CCC43C)C12. The lowest BCUT2D eigenvalue weighted by molar-refractivity contribution is -0.188. The van der Waals surface area contributed by atoms with Gasteiger partial charge in [0.25, 0.3) is 5.91 Å². The van der Waals surface area contributed by atoms with E-state index >= 15 is 0 Å². The lowest BCUT2D eigenvalue weighted by Crippen LogP contribution is -2.60. The lowest BCUT2D eigenvalue weighted by atomic mass is 9.38. The second-order valence-corrected chi connectivity index (χ2v) is 18.1. The molecular formula is C38H55NO5S. The Morgan fingerprint density at radius 3 is 2.18 bits per heavy atom. The zero-order valence-electron chi connectivity index (χ0n) is 28.5. The van der Waals surface area contributed by atoms with Crippen LogP contribution in [0.1, 0.15) is 122 Å². The maximum absolute atomic E-state index is 12.9. The molecule has 2 N–H and O–H groups in total. The largest absolute Gasteiger partial charge is 0.481 e. The van der Waals surface area contributed by atoms with Gasteiger partial charge in [-0.1, -0.05) is 65.0 Å². The number of benzene rings is 1. The number of carboxylic acids is 1. The predicted molar refractivity (Wildman–Crippen MR) is 181 cm³/mol. The first kappa shape index (κ1) is 33.9. The van der Waals surface area contributed by atoms with Crippen LogP contribution < -0.4 is 4.72 Å². The summed E-state index contributed by atoms with van der Waals surface area (Å²) in [6, 6.07) is 7.35. The molecule has 4 aliphatic carbocycles. The molecule has 5 rings (SSSR count). The van der Waals surface area contributed by atoms with Crippen molar-refractivity contribution in [1.29, 1.82) is 0 Å². The topological polar surface area (TPSA) is 101 Å². The van der Waals surface area contributed by atoms with E-state index in [1.54, 1.807) is 12.1 Å². The number of hydrogen-bond acceptors (Lipinski definition) is 4. The van der Waals surface area contributed by atoms with Gasteiger partial charge in [-0.05, 0) is 140 Å². The molecule has 3 saturated carbocycles. The number of rotatable bonds is 5. The van der Waals surface area contributed by atoms with E-state index in [0.717, 1.165) is 76.0 Å². The van der Waals surface area contributed by atoms with Crippen LogP contribution in [-0.2, 0) is 14.8 Å². The van der Waals surface area contributed by atoms with Crippen LogP contribution in [0.3, 0.4) is 0 Å². The molecule has 4 aliphatic rings. The summed E-state index contributed by atoms with van der Waals surface area (Å²) in [6.45, 7) is 18.6. The smallest absolute Gasteiger partial charge is 0.309 e. The maximum Gasteiger partial charge on any atom is 0.309 e. The van der Waals surface area contributed by atoms with Crippen LogP contribution in [0.15, 0.2) is 42.5 Å². The highest BCUT2D eigenvalue weighted by molar-refractivity contribution is 7.89. The standard InChI is InChI=1S/C38H55NO5S/c1-24(2)29-19-21-38(34(41)42)23-22-37(7)31(32(29)38)17-16-28-10-9-11-30(35(4,5)25(3)18-20-36(28,37)6)26-12-14-27(15-13-26)33(40)39-45(8,43)44/h11-15,25,28-29,31-32H,1,9-10,16-23H2,2-8H3,(H,39,40)(H,41,42). The van der Waals surface area contributed by atoms with Crippen LogP contribution in [0.2, 0.25) is 0 Å². The van der Waals surface area contributed by atoms with Crippen LogP contribution in [-0.4, -0.2) is 31.7 Å². The minimum Gasteiger partial charge on any atom is -0.481 e. The van der Waals surface area contributed by atoms with Gasteiger partial charge in [0.1, 0.15) is 0 Å². The molecule has 0 aromatic heterocycles. The molecule has 6 nitrogen and oxygen atoms in total. The highest BCUT2D eigenvalue weighted by Crippen LogP contribution is 2.72. The first-order valence-electron chi connectivity index (χ1n) is 17.1. The van der Waals surface area contributed by atoms with E-state index < -0.39 is 27.3 Å². The maximum atomic E-state index is 12.9. The number of aliphatic carboxylic acids is 1. The zero-order valence-corrected chi connectivity index (χ0v) is 29.4. The Bertz CT molecular complexity index is 1490. The van der Waals surface area contributed by atoms with Gasteiger partial charge in [-0.15, -0.1) is 0 Å². The number of carbonyl (C=O) groups excluding carboxylic acids is 1. The van der Waals surface area contributed by atoms with Crippen molar-refractivity contribution in [3.8, 4) is 0 Å². The summed E-state index contributed by atoms with van der Waals surface area (Å²) >= 11 is 0. The molecule has 248 valence electrons. The van der Waals surface area contributed by atoms with Crippen molar-refractivity contribution in [2.75, 3.05) is 6.26 Å². The molecule has 1 amide bonds. The minimum atomic E-state index is -3.63. The number of hydrogen-bond donors (Lipinski definition) is 2. The number of carboxylic acid groups (broad SMARTS) is 1. The van der Waals surface area contributed by atoms with E-state index in [0.29, 0.717) is 29.2 Å². The van der Waals surface area contributed by atoms with Gasteiger partial charge in [-0.2, -0.15) is 0 Å². The number of carbonyl (C=O) groups is 2. The Kier molecular flexibility index (Phi) is 8.81. The van der Waals surface area contributed by atoms with Gasteiger partial charge in [0.2, 0.25) is 10.0 Å². The molecule has 3 fully saturated rings. The molecular weight excluding hydrogens is 582 g/mol. The summed E-state index contributed by atoms with van der Waals surface area (Å²) in [6.07, 6.45) is 13.5. The van der Waals surface area contributed by atoms with Crippen molar-refractivity contribution in [3.05, 3.63) is 53.6 Å². The minimum absolute atomic E-state index is 0.0928. The van der Waals surface area contributed by atoms with E-state index in [-0.39, 0.29) is 22.2 Å². The molecule has 0 radical (unpaired) electrons. The average Bonchev–Trinajstić information content (AvgIpc) is 3.36. The Labute approximate surface area is 271 Å². The molecule has 45 heavy (non-hydrogen) atoms. The highest BCUT2D eigenvalue weighted by atomic mass is 32.2. The predicted octanol–water partition coefficient (Wildman–Crippen LogP) is 8.50. The summed E-state index contributed by atoms with van der Waals surface area (Å²) in [5, 5.41) is 10.6. The van der Waals surface area contributed by atoms with E-state index in [1.807, 2.05) is 12.1 Å². The highest BCUT2D eigenvalue weighted by Gasteiger charge is 2.67. The van der Waals surface area contributed by atoms with Gasteiger partial charge in [0.05, 0.1) is 11.7 Å². The Balaban J connectivity index is 1.46. The van der Waals surface area contributed by atoms with E-state index in [4.69, 9.17) is 0 Å². The van der Waals surface area contributed by atoms with Crippen molar-refractivity contribution in [1.82, 2.24) is 4.72 Å². The number of sulfonamides is 1. The van der Waals surface area contributed by atoms with Gasteiger partial charge < -0.3 is 5.11 Å². The Morgan fingerprint density at radius 1 is 0.911 bits per heavy atom. The first-order valence-corrected chi connectivity index (χ1v) is 19.0. The van der Waals surface area contributed by atoms with Crippen LogP contribution in [0, 0.1) is 51.2 Å². The lowest BCUT2D eigenvalue weighted by Gasteiger charge is -2.65. The second kappa shape index (κ2) is 11.7. The second-order valence-electron chi connectivity index (χ2n) is 16.3. The third-order valence-corrected chi connectivity index (χ3v) is 14.6. The fraction of sp³-hybridized carbons (Fsp3) is 0.684. The molecule has 0 heterocycles. The molecule has 7 heteroatoms. The number of allylic oxidation sites excluding steroid dienone is 3. The van der Waals surface area contributed by atoms with E-state index in [2.05, 4.69) is 58.9 Å². The van der Waals surface area contributed by atoms with Gasteiger partial charge in [-0.25, -0.2) is 13.1 Å². The third-order valence-electron chi connectivity index (χ3n) is 14.0. The van der Waals surface area contributed by atoms with Gasteiger partial charge in [-0.3, -0.25) is 9.59 Å². The molecule has 1 aromatic carbocycles. The Hall–Kier alpha value is -2.41. The van der Waals surface area contributed by atoms with Crippen molar-refractivity contribution in [2.24, 2.45) is 51.2 Å². The van der Waals surface area contributed by atoms with Gasteiger partial charge >= 0.3 is 5.97 Å². The summed E-state index contributed by atoms with van der Waals surface area (Å²) in [7, 11) is -3.63. The van der Waals surface area contributed by atoms with Crippen LogP contribution in [0.5, 0.6) is 0 Å². The van der Waals surface area contributed by atoms with Crippen molar-refractivity contribution in [3.63, 3.8) is 0 Å². The van der Waals surface area contributed by atoms with E-state index in [1.165, 1.54) is 11.1 Å². The number of fused-ring (bicyclic) bond motifs is 5. The Morgan fingerprint density at radius 2 is 1.58 bits per heavy atom. The summed E-state index contributed by atoms with van der Waals surface area (Å²) in [4.78, 5) is 25.4. The summed E-state index contributed by atoms with van der Waals surface area (Å²) in [5.41, 5.74) is 3.37.